The highest BCUT2D eigenvalue weighted by atomic mass is 32.2. The van der Waals surface area contributed by atoms with E-state index in [0.29, 0.717) is 32.4 Å². The molecular weight excluding hydrogens is 462 g/mol. The molecule has 3 aliphatic rings. The van der Waals surface area contributed by atoms with Gasteiger partial charge in [-0.05, 0) is 81.3 Å². The number of carbonyl (C=O) groups excluding carboxylic acids is 2. The predicted octanol–water partition coefficient (Wildman–Crippen LogP) is 4.11. The zero-order chi connectivity index (χ0) is 24.7. The zero-order valence-electron chi connectivity index (χ0n) is 20.4. The number of benzene rings is 2. The smallest absolute Gasteiger partial charge is 0.243 e. The van der Waals surface area contributed by atoms with Gasteiger partial charge in [-0.15, -0.1) is 0 Å². The Balaban J connectivity index is 1.25. The molecule has 2 amide bonds. The number of amides is 2. The number of hydrogen-bond donors (Lipinski definition) is 1. The first-order valence-corrected chi connectivity index (χ1v) is 14.0. The van der Waals surface area contributed by atoms with E-state index in [1.807, 2.05) is 43.0 Å². The molecule has 5 rings (SSSR count). The molecule has 186 valence electrons. The van der Waals surface area contributed by atoms with Crippen LogP contribution in [0.3, 0.4) is 0 Å². The topological polar surface area (TPSA) is 86.8 Å². The van der Waals surface area contributed by atoms with Gasteiger partial charge in [-0.1, -0.05) is 24.6 Å². The van der Waals surface area contributed by atoms with Crippen LogP contribution in [0.2, 0.25) is 0 Å². The van der Waals surface area contributed by atoms with Gasteiger partial charge in [-0.2, -0.15) is 4.31 Å². The molecule has 1 atom stereocenters. The summed E-state index contributed by atoms with van der Waals surface area (Å²) in [5.41, 5.74) is 3.56. The molecule has 0 bridgehead atoms. The normalized spacial score (nSPS) is 21.4. The third-order valence-electron chi connectivity index (χ3n) is 7.82. The standard InChI is InChI=1S/C27H33N3O4S/c1-18-6-3-4-9-24(18)28-26(31)20-12-14-29(15-13-20)35(33,34)23-10-11-25-22(17-23)16-19(2)30(25)27(32)21-7-5-8-21/h3-4,6,9-11,17,19-21H,5,7-8,12-16H2,1-2H3,(H,28,31)/t19-/m1/s1. The third kappa shape index (κ3) is 4.49. The van der Waals surface area contributed by atoms with E-state index in [1.54, 1.807) is 18.2 Å². The fraction of sp³-hybridized carbons (Fsp3) is 0.481. The van der Waals surface area contributed by atoms with Crippen LogP contribution in [0.15, 0.2) is 47.4 Å². The lowest BCUT2D eigenvalue weighted by atomic mass is 9.84. The molecule has 0 unspecified atom stereocenters. The molecule has 1 saturated carbocycles. The molecule has 8 heteroatoms. The first-order chi connectivity index (χ1) is 16.8. The predicted molar refractivity (Wildman–Crippen MR) is 136 cm³/mol. The van der Waals surface area contributed by atoms with Crippen LogP contribution in [-0.2, 0) is 26.0 Å². The van der Waals surface area contributed by atoms with Crippen LogP contribution in [-0.4, -0.2) is 43.7 Å². The minimum Gasteiger partial charge on any atom is -0.326 e. The molecule has 2 aromatic carbocycles. The van der Waals surface area contributed by atoms with Crippen molar-refractivity contribution in [3.63, 3.8) is 0 Å². The number of fused-ring (bicyclic) bond motifs is 1. The summed E-state index contributed by atoms with van der Waals surface area (Å²) in [5, 5.41) is 2.99. The van der Waals surface area contributed by atoms with Crippen molar-refractivity contribution >= 4 is 33.2 Å². The van der Waals surface area contributed by atoms with Crippen molar-refractivity contribution in [2.24, 2.45) is 11.8 Å². The van der Waals surface area contributed by atoms with Crippen molar-refractivity contribution in [2.75, 3.05) is 23.3 Å². The first-order valence-electron chi connectivity index (χ1n) is 12.6. The minimum absolute atomic E-state index is 0.0403. The van der Waals surface area contributed by atoms with Gasteiger partial charge < -0.3 is 10.2 Å². The zero-order valence-corrected chi connectivity index (χ0v) is 21.2. The van der Waals surface area contributed by atoms with Gasteiger partial charge in [-0.3, -0.25) is 9.59 Å². The van der Waals surface area contributed by atoms with Crippen LogP contribution >= 0.6 is 0 Å². The molecule has 0 spiro atoms. The second-order valence-corrected chi connectivity index (χ2v) is 12.1. The van der Waals surface area contributed by atoms with Crippen LogP contribution in [0.5, 0.6) is 0 Å². The molecule has 2 fully saturated rings. The molecule has 1 N–H and O–H groups in total. The number of sulfonamides is 1. The average Bonchev–Trinajstić information content (AvgIpc) is 3.14. The highest BCUT2D eigenvalue weighted by Gasteiger charge is 2.38. The average molecular weight is 496 g/mol. The second kappa shape index (κ2) is 9.39. The summed E-state index contributed by atoms with van der Waals surface area (Å²) in [7, 11) is -3.67. The van der Waals surface area contributed by atoms with Gasteiger partial charge in [-0.25, -0.2) is 8.42 Å². The monoisotopic (exact) mass is 495 g/mol. The van der Waals surface area contributed by atoms with Crippen molar-refractivity contribution < 1.29 is 18.0 Å². The molecule has 35 heavy (non-hydrogen) atoms. The maximum absolute atomic E-state index is 13.4. The number of para-hydroxylation sites is 1. The summed E-state index contributed by atoms with van der Waals surface area (Å²) in [6.45, 7) is 4.60. The Bertz CT molecular complexity index is 1250. The molecule has 0 radical (unpaired) electrons. The van der Waals surface area contributed by atoms with Crippen LogP contribution < -0.4 is 10.2 Å². The summed E-state index contributed by atoms with van der Waals surface area (Å²) in [4.78, 5) is 27.8. The minimum atomic E-state index is -3.67. The summed E-state index contributed by atoms with van der Waals surface area (Å²) in [6, 6.07) is 12.8. The first kappa shape index (κ1) is 24.0. The van der Waals surface area contributed by atoms with Crippen LogP contribution in [0.25, 0.3) is 0 Å². The number of rotatable bonds is 5. The van der Waals surface area contributed by atoms with E-state index in [0.717, 1.165) is 41.8 Å². The number of nitrogens with zero attached hydrogens (tertiary/aromatic N) is 2. The van der Waals surface area contributed by atoms with E-state index in [-0.39, 0.29) is 34.6 Å². The van der Waals surface area contributed by atoms with Gasteiger partial charge >= 0.3 is 0 Å². The fourth-order valence-corrected chi connectivity index (χ4v) is 6.93. The van der Waals surface area contributed by atoms with Gasteiger partial charge in [0.1, 0.15) is 0 Å². The molecular formula is C27H33N3O4S. The van der Waals surface area contributed by atoms with E-state index in [1.165, 1.54) is 4.31 Å². The summed E-state index contributed by atoms with van der Waals surface area (Å²) < 4.78 is 28.3. The maximum Gasteiger partial charge on any atom is 0.243 e. The molecule has 0 aromatic heterocycles. The quantitative estimate of drug-likeness (QED) is 0.676. The third-order valence-corrected chi connectivity index (χ3v) is 9.72. The lowest BCUT2D eigenvalue weighted by molar-refractivity contribution is -0.125. The van der Waals surface area contributed by atoms with E-state index in [9.17, 15) is 18.0 Å². The summed E-state index contributed by atoms with van der Waals surface area (Å²) >= 11 is 0. The van der Waals surface area contributed by atoms with Crippen molar-refractivity contribution in [3.05, 3.63) is 53.6 Å². The summed E-state index contributed by atoms with van der Waals surface area (Å²) in [5.74, 6) is 0.00681. The second-order valence-electron chi connectivity index (χ2n) is 10.2. The maximum atomic E-state index is 13.4. The lowest BCUT2D eigenvalue weighted by Gasteiger charge is -2.32. The largest absolute Gasteiger partial charge is 0.326 e. The Morgan fingerprint density at radius 2 is 1.69 bits per heavy atom. The van der Waals surface area contributed by atoms with Gasteiger partial charge in [0.25, 0.3) is 0 Å². The van der Waals surface area contributed by atoms with Gasteiger partial charge in [0.15, 0.2) is 0 Å². The molecule has 1 aliphatic carbocycles. The molecule has 7 nitrogen and oxygen atoms in total. The Morgan fingerprint density at radius 1 is 0.971 bits per heavy atom. The molecule has 2 aliphatic heterocycles. The van der Waals surface area contributed by atoms with Gasteiger partial charge in [0.05, 0.1) is 4.90 Å². The van der Waals surface area contributed by atoms with Crippen LogP contribution in [0.1, 0.15) is 50.2 Å². The number of carbonyl (C=O) groups is 2. The molecule has 2 aromatic rings. The number of hydrogen-bond acceptors (Lipinski definition) is 4. The van der Waals surface area contributed by atoms with Crippen LogP contribution in [0, 0.1) is 18.8 Å². The number of anilines is 2. The Hall–Kier alpha value is -2.71. The van der Waals surface area contributed by atoms with Crippen molar-refractivity contribution in [2.45, 2.75) is 63.3 Å². The Labute approximate surface area is 207 Å². The van der Waals surface area contributed by atoms with E-state index in [4.69, 9.17) is 0 Å². The van der Waals surface area contributed by atoms with E-state index >= 15 is 0 Å². The fourth-order valence-electron chi connectivity index (χ4n) is 5.41. The SMILES string of the molecule is Cc1ccccc1NC(=O)C1CCN(S(=O)(=O)c2ccc3c(c2)C[C@@H](C)N3C(=O)C2CCC2)CC1. The number of aryl methyl sites for hydroxylation is 1. The van der Waals surface area contributed by atoms with Gasteiger partial charge in [0.2, 0.25) is 21.8 Å². The van der Waals surface area contributed by atoms with Crippen molar-refractivity contribution in [1.82, 2.24) is 4.31 Å². The van der Waals surface area contributed by atoms with Gasteiger partial charge in [0, 0.05) is 42.3 Å². The molecule has 2 heterocycles. The van der Waals surface area contributed by atoms with E-state index in [2.05, 4.69) is 5.32 Å². The number of piperidine rings is 1. The van der Waals surface area contributed by atoms with E-state index < -0.39 is 10.0 Å². The molecule has 1 saturated heterocycles. The number of nitrogens with one attached hydrogen (secondary N) is 1. The Morgan fingerprint density at radius 3 is 2.34 bits per heavy atom. The highest BCUT2D eigenvalue weighted by Crippen LogP contribution is 2.39. The summed E-state index contributed by atoms with van der Waals surface area (Å²) in [6.07, 6.45) is 4.64. The Kier molecular flexibility index (Phi) is 6.44. The highest BCUT2D eigenvalue weighted by molar-refractivity contribution is 7.89. The lowest BCUT2D eigenvalue weighted by Crippen LogP contribution is -2.42. The van der Waals surface area contributed by atoms with Crippen molar-refractivity contribution in [3.8, 4) is 0 Å². The van der Waals surface area contributed by atoms with Crippen LogP contribution in [0.4, 0.5) is 11.4 Å². The van der Waals surface area contributed by atoms with Crippen molar-refractivity contribution in [1.29, 1.82) is 0 Å².